The first-order valence-corrected chi connectivity index (χ1v) is 7.52. The molecule has 0 atom stereocenters. The van der Waals surface area contributed by atoms with Gasteiger partial charge in [-0.2, -0.15) is 0 Å². The summed E-state index contributed by atoms with van der Waals surface area (Å²) in [5.74, 6) is 0.127. The molecule has 0 aliphatic rings. The van der Waals surface area contributed by atoms with Crippen LogP contribution in [0.3, 0.4) is 0 Å². The number of anilines is 1. The second-order valence-corrected chi connectivity index (χ2v) is 5.82. The van der Waals surface area contributed by atoms with Crippen molar-refractivity contribution >= 4 is 57.4 Å². The lowest BCUT2D eigenvalue weighted by atomic mass is 10.3. The van der Waals surface area contributed by atoms with Crippen molar-refractivity contribution < 1.29 is 9.53 Å². The van der Waals surface area contributed by atoms with Crippen LogP contribution in [-0.2, 0) is 4.79 Å². The topological polar surface area (TPSA) is 38.3 Å². The smallest absolute Gasteiger partial charge is 0.262 e. The van der Waals surface area contributed by atoms with Crippen molar-refractivity contribution in [2.24, 2.45) is 0 Å². The van der Waals surface area contributed by atoms with Crippen LogP contribution >= 0.6 is 45.8 Å². The largest absolute Gasteiger partial charge is 0.482 e. The summed E-state index contributed by atoms with van der Waals surface area (Å²) < 4.78 is 6.32. The van der Waals surface area contributed by atoms with Crippen LogP contribution in [0.15, 0.2) is 42.5 Å². The molecular weight excluding hydrogens is 412 g/mol. The first-order chi connectivity index (χ1) is 9.58. The van der Waals surface area contributed by atoms with E-state index in [-0.39, 0.29) is 12.5 Å². The average molecular weight is 422 g/mol. The van der Waals surface area contributed by atoms with Gasteiger partial charge in [-0.05, 0) is 46.9 Å². The Bertz CT molecular complexity index is 634. The van der Waals surface area contributed by atoms with Gasteiger partial charge in [-0.15, -0.1) is 0 Å². The van der Waals surface area contributed by atoms with E-state index in [1.165, 1.54) is 0 Å². The molecule has 0 radical (unpaired) electrons. The van der Waals surface area contributed by atoms with Crippen molar-refractivity contribution in [3.05, 3.63) is 56.1 Å². The van der Waals surface area contributed by atoms with Crippen molar-refractivity contribution in [2.45, 2.75) is 0 Å². The van der Waals surface area contributed by atoms with E-state index in [1.807, 2.05) is 24.3 Å². The van der Waals surface area contributed by atoms with Gasteiger partial charge in [-0.25, -0.2) is 0 Å². The Balaban J connectivity index is 1.96. The summed E-state index contributed by atoms with van der Waals surface area (Å²) in [6.07, 6.45) is 0. The average Bonchev–Trinajstić information content (AvgIpc) is 2.43. The molecule has 2 aromatic carbocycles. The molecule has 0 aromatic heterocycles. The standard InChI is InChI=1S/C14H10Cl2INO2/c15-9-4-3-7-12(14(9)16)20-8-13(19)18-11-6-2-1-5-10(11)17/h1-7H,8H2,(H,18,19). The van der Waals surface area contributed by atoms with Crippen molar-refractivity contribution in [1.82, 2.24) is 0 Å². The van der Waals surface area contributed by atoms with Gasteiger partial charge >= 0.3 is 0 Å². The first kappa shape index (κ1) is 15.4. The van der Waals surface area contributed by atoms with E-state index in [2.05, 4.69) is 27.9 Å². The summed E-state index contributed by atoms with van der Waals surface area (Å²) in [5.41, 5.74) is 0.749. The molecule has 1 N–H and O–H groups in total. The van der Waals surface area contributed by atoms with Crippen molar-refractivity contribution in [1.29, 1.82) is 0 Å². The molecule has 6 heteroatoms. The van der Waals surface area contributed by atoms with Gasteiger partial charge in [0.05, 0.1) is 10.7 Å². The molecule has 0 aliphatic heterocycles. The number of hydrogen-bond acceptors (Lipinski definition) is 2. The van der Waals surface area contributed by atoms with Gasteiger partial charge in [0.2, 0.25) is 0 Å². The molecule has 20 heavy (non-hydrogen) atoms. The highest BCUT2D eigenvalue weighted by molar-refractivity contribution is 14.1. The van der Waals surface area contributed by atoms with Gasteiger partial charge in [0, 0.05) is 3.57 Å². The molecule has 0 spiro atoms. The SMILES string of the molecule is O=C(COc1cccc(Cl)c1Cl)Nc1ccccc1I. The van der Waals surface area contributed by atoms with Crippen LogP contribution in [0.5, 0.6) is 5.75 Å². The normalized spacial score (nSPS) is 10.2. The molecule has 2 aromatic rings. The van der Waals surface area contributed by atoms with E-state index in [0.29, 0.717) is 15.8 Å². The van der Waals surface area contributed by atoms with Gasteiger partial charge in [0.25, 0.3) is 5.91 Å². The molecule has 1 amide bonds. The maximum Gasteiger partial charge on any atom is 0.262 e. The number of nitrogens with one attached hydrogen (secondary N) is 1. The molecule has 0 saturated heterocycles. The number of carbonyl (C=O) groups excluding carboxylic acids is 1. The third-order valence-electron chi connectivity index (χ3n) is 2.42. The van der Waals surface area contributed by atoms with Crippen LogP contribution in [0.2, 0.25) is 10.0 Å². The Morgan fingerprint density at radius 2 is 1.90 bits per heavy atom. The Morgan fingerprint density at radius 1 is 1.15 bits per heavy atom. The Labute approximate surface area is 140 Å². The van der Waals surface area contributed by atoms with Crippen LogP contribution in [0.4, 0.5) is 5.69 Å². The summed E-state index contributed by atoms with van der Waals surface area (Å²) in [7, 11) is 0. The highest BCUT2D eigenvalue weighted by Gasteiger charge is 2.09. The fourth-order valence-electron chi connectivity index (χ4n) is 1.49. The number of para-hydroxylation sites is 1. The van der Waals surface area contributed by atoms with E-state index in [9.17, 15) is 4.79 Å². The predicted octanol–water partition coefficient (Wildman–Crippen LogP) is 4.62. The van der Waals surface area contributed by atoms with E-state index < -0.39 is 0 Å². The van der Waals surface area contributed by atoms with E-state index in [0.717, 1.165) is 9.26 Å². The van der Waals surface area contributed by atoms with E-state index in [4.69, 9.17) is 27.9 Å². The molecular formula is C14H10Cl2INO2. The molecule has 3 nitrogen and oxygen atoms in total. The second kappa shape index (κ2) is 7.15. The molecule has 104 valence electrons. The van der Waals surface area contributed by atoms with Gasteiger partial charge in [0.1, 0.15) is 10.8 Å². The predicted molar refractivity (Wildman–Crippen MR) is 89.7 cm³/mol. The van der Waals surface area contributed by atoms with Crippen molar-refractivity contribution in [2.75, 3.05) is 11.9 Å². The summed E-state index contributed by atoms with van der Waals surface area (Å²) in [6, 6.07) is 12.5. The molecule has 0 heterocycles. The monoisotopic (exact) mass is 421 g/mol. The minimum absolute atomic E-state index is 0.134. The zero-order valence-electron chi connectivity index (χ0n) is 10.2. The second-order valence-electron chi connectivity index (χ2n) is 3.87. The lowest BCUT2D eigenvalue weighted by Crippen LogP contribution is -2.20. The number of hydrogen-bond donors (Lipinski definition) is 1. The van der Waals surface area contributed by atoms with Crippen molar-refractivity contribution in [3.8, 4) is 5.75 Å². The summed E-state index contributed by atoms with van der Waals surface area (Å²) >= 11 is 14.0. The highest BCUT2D eigenvalue weighted by Crippen LogP contribution is 2.31. The summed E-state index contributed by atoms with van der Waals surface area (Å²) in [4.78, 5) is 11.8. The van der Waals surface area contributed by atoms with Crippen LogP contribution in [-0.4, -0.2) is 12.5 Å². The number of halogens is 3. The quantitative estimate of drug-likeness (QED) is 0.731. The number of rotatable bonds is 4. The minimum Gasteiger partial charge on any atom is -0.482 e. The molecule has 0 fully saturated rings. The zero-order chi connectivity index (χ0) is 14.5. The van der Waals surface area contributed by atoms with Crippen LogP contribution < -0.4 is 10.1 Å². The van der Waals surface area contributed by atoms with Crippen LogP contribution in [0.1, 0.15) is 0 Å². The highest BCUT2D eigenvalue weighted by atomic mass is 127. The maximum absolute atomic E-state index is 11.8. The van der Waals surface area contributed by atoms with Gasteiger partial charge in [-0.1, -0.05) is 41.4 Å². The molecule has 0 unspecified atom stereocenters. The lowest BCUT2D eigenvalue weighted by molar-refractivity contribution is -0.118. The third-order valence-corrected chi connectivity index (χ3v) is 4.17. The lowest BCUT2D eigenvalue weighted by Gasteiger charge is -2.10. The molecule has 0 aliphatic carbocycles. The van der Waals surface area contributed by atoms with E-state index in [1.54, 1.807) is 18.2 Å². The van der Waals surface area contributed by atoms with Crippen LogP contribution in [0.25, 0.3) is 0 Å². The third kappa shape index (κ3) is 4.01. The van der Waals surface area contributed by atoms with Gasteiger partial charge < -0.3 is 10.1 Å². The van der Waals surface area contributed by atoms with E-state index >= 15 is 0 Å². The fraction of sp³-hybridized carbons (Fsp3) is 0.0714. The Morgan fingerprint density at radius 3 is 2.65 bits per heavy atom. The zero-order valence-corrected chi connectivity index (χ0v) is 13.9. The van der Waals surface area contributed by atoms with Gasteiger partial charge in [-0.3, -0.25) is 4.79 Å². The van der Waals surface area contributed by atoms with Crippen LogP contribution in [0, 0.1) is 3.57 Å². The molecule has 0 bridgehead atoms. The minimum atomic E-state index is -0.259. The first-order valence-electron chi connectivity index (χ1n) is 5.69. The molecule has 2 rings (SSSR count). The Kier molecular flexibility index (Phi) is 5.51. The number of ether oxygens (including phenoxy) is 1. The fourth-order valence-corrected chi connectivity index (χ4v) is 2.36. The van der Waals surface area contributed by atoms with Gasteiger partial charge in [0.15, 0.2) is 6.61 Å². The molecule has 0 saturated carbocycles. The maximum atomic E-state index is 11.8. The number of carbonyl (C=O) groups is 1. The van der Waals surface area contributed by atoms with Crippen molar-refractivity contribution in [3.63, 3.8) is 0 Å². The Hall–Kier alpha value is -0.980. The summed E-state index contributed by atoms with van der Waals surface area (Å²) in [6.45, 7) is -0.134. The number of amides is 1. The number of benzene rings is 2. The summed E-state index contributed by atoms with van der Waals surface area (Å²) in [5, 5.41) is 3.46.